The van der Waals surface area contributed by atoms with Gasteiger partial charge in [-0.25, -0.2) is 4.98 Å². The molecule has 0 aliphatic rings. The molecule has 0 fully saturated rings. The van der Waals surface area contributed by atoms with Gasteiger partial charge in [-0.3, -0.25) is 0 Å². The Hall–Kier alpha value is -1.53. The van der Waals surface area contributed by atoms with Crippen molar-refractivity contribution in [2.45, 2.75) is 33.9 Å². The van der Waals surface area contributed by atoms with Crippen LogP contribution in [0.1, 0.15) is 33.4 Å². The van der Waals surface area contributed by atoms with Crippen molar-refractivity contribution in [2.75, 3.05) is 23.7 Å². The van der Waals surface area contributed by atoms with Crippen LogP contribution in [0.25, 0.3) is 0 Å². The zero-order chi connectivity index (χ0) is 15.5. The average Bonchev–Trinajstić information content (AvgIpc) is 2.24. The third kappa shape index (κ3) is 4.86. The number of anilines is 2. The van der Waals surface area contributed by atoms with E-state index < -0.39 is 11.9 Å². The van der Waals surface area contributed by atoms with E-state index in [2.05, 4.69) is 9.97 Å². The first-order chi connectivity index (χ1) is 9.09. The lowest BCUT2D eigenvalue weighted by atomic mass is 10.1. The number of hydrogen-bond donors (Lipinski definition) is 1. The molecule has 0 aromatic carbocycles. The van der Waals surface area contributed by atoms with Crippen LogP contribution in [-0.2, 0) is 6.18 Å². The van der Waals surface area contributed by atoms with Crippen LogP contribution in [0.3, 0.4) is 0 Å². The molecule has 2 N–H and O–H groups in total. The van der Waals surface area contributed by atoms with E-state index in [1.54, 1.807) is 0 Å². The van der Waals surface area contributed by atoms with Crippen molar-refractivity contribution >= 4 is 11.8 Å². The van der Waals surface area contributed by atoms with Gasteiger partial charge in [0.05, 0.1) is 0 Å². The van der Waals surface area contributed by atoms with Crippen LogP contribution in [-0.4, -0.2) is 23.1 Å². The molecule has 1 rings (SSSR count). The van der Waals surface area contributed by atoms with Gasteiger partial charge >= 0.3 is 6.18 Å². The molecule has 0 unspecified atom stereocenters. The lowest BCUT2D eigenvalue weighted by molar-refractivity contribution is -0.141. The molecule has 1 aromatic heterocycles. The molecule has 1 aromatic rings. The molecule has 7 heteroatoms. The summed E-state index contributed by atoms with van der Waals surface area (Å²) < 4.78 is 38.3. The highest BCUT2D eigenvalue weighted by molar-refractivity contribution is 5.44. The van der Waals surface area contributed by atoms with Gasteiger partial charge in [0.2, 0.25) is 5.95 Å². The van der Waals surface area contributed by atoms with E-state index in [0.29, 0.717) is 24.9 Å². The summed E-state index contributed by atoms with van der Waals surface area (Å²) in [5.74, 6) is 0.484. The Bertz CT molecular complexity index is 434. The van der Waals surface area contributed by atoms with Crippen molar-refractivity contribution in [3.05, 3.63) is 11.8 Å². The number of nitrogens with two attached hydrogens (primary N) is 1. The number of hydrogen-bond acceptors (Lipinski definition) is 4. The smallest absolute Gasteiger partial charge is 0.368 e. The standard InChI is InChI=1S/C13H21F3N4/c1-8(2)6-20(7-9(3)4)11-5-10(13(14,15)16)18-12(17)19-11/h5,8-9H,6-7H2,1-4H3,(H2,17,18,19). The number of aromatic nitrogens is 2. The monoisotopic (exact) mass is 290 g/mol. The number of alkyl halides is 3. The van der Waals surface area contributed by atoms with Gasteiger partial charge in [0, 0.05) is 19.2 Å². The fourth-order valence-corrected chi connectivity index (χ4v) is 1.90. The Balaban J connectivity index is 3.15. The maximum absolute atomic E-state index is 12.8. The number of nitrogen functional groups attached to an aromatic ring is 1. The second-order valence-corrected chi connectivity index (χ2v) is 5.66. The van der Waals surface area contributed by atoms with E-state index >= 15 is 0 Å². The summed E-state index contributed by atoms with van der Waals surface area (Å²) in [4.78, 5) is 9.03. The molecule has 4 nitrogen and oxygen atoms in total. The van der Waals surface area contributed by atoms with Crippen LogP contribution in [0.15, 0.2) is 6.07 Å². The van der Waals surface area contributed by atoms with Gasteiger partial charge < -0.3 is 10.6 Å². The number of nitrogens with zero attached hydrogens (tertiary/aromatic N) is 3. The maximum Gasteiger partial charge on any atom is 0.433 e. The molecule has 0 aliphatic heterocycles. The SMILES string of the molecule is CC(C)CN(CC(C)C)c1cc(C(F)(F)F)nc(N)n1. The first-order valence-corrected chi connectivity index (χ1v) is 6.56. The van der Waals surface area contributed by atoms with Crippen molar-refractivity contribution in [2.24, 2.45) is 11.8 Å². The summed E-state index contributed by atoms with van der Waals surface area (Å²) in [6.45, 7) is 9.24. The first-order valence-electron chi connectivity index (χ1n) is 6.56. The van der Waals surface area contributed by atoms with Gasteiger partial charge in [-0.2, -0.15) is 18.2 Å². The quantitative estimate of drug-likeness (QED) is 0.904. The van der Waals surface area contributed by atoms with Gasteiger partial charge in [0.15, 0.2) is 5.69 Å². The van der Waals surface area contributed by atoms with Gasteiger partial charge in [-0.05, 0) is 11.8 Å². The van der Waals surface area contributed by atoms with Crippen LogP contribution in [0.4, 0.5) is 24.9 Å². The fourth-order valence-electron chi connectivity index (χ4n) is 1.90. The summed E-state index contributed by atoms with van der Waals surface area (Å²) in [6.07, 6.45) is -4.52. The lowest BCUT2D eigenvalue weighted by Crippen LogP contribution is -2.32. The van der Waals surface area contributed by atoms with Crippen molar-refractivity contribution in [1.29, 1.82) is 0 Å². The molecule has 0 saturated heterocycles. The minimum Gasteiger partial charge on any atom is -0.368 e. The Kier molecular flexibility index (Phi) is 5.19. The third-order valence-corrected chi connectivity index (χ3v) is 2.52. The topological polar surface area (TPSA) is 55.0 Å². The first kappa shape index (κ1) is 16.5. The van der Waals surface area contributed by atoms with Crippen molar-refractivity contribution in [3.63, 3.8) is 0 Å². The van der Waals surface area contributed by atoms with Crippen molar-refractivity contribution in [1.82, 2.24) is 9.97 Å². The second-order valence-electron chi connectivity index (χ2n) is 5.66. The zero-order valence-corrected chi connectivity index (χ0v) is 12.2. The normalized spacial score (nSPS) is 12.2. The van der Waals surface area contributed by atoms with Gasteiger partial charge in [0.1, 0.15) is 5.82 Å². The summed E-state index contributed by atoms with van der Waals surface area (Å²) >= 11 is 0. The number of halogens is 3. The minimum atomic E-state index is -4.52. The van der Waals surface area contributed by atoms with Crippen LogP contribution >= 0.6 is 0 Å². The highest BCUT2D eigenvalue weighted by Gasteiger charge is 2.34. The molecule has 0 saturated carbocycles. The van der Waals surface area contributed by atoms with E-state index in [4.69, 9.17) is 5.73 Å². The highest BCUT2D eigenvalue weighted by atomic mass is 19.4. The molecular formula is C13H21F3N4. The summed E-state index contributed by atoms with van der Waals surface area (Å²) in [6, 6.07) is 0.959. The average molecular weight is 290 g/mol. The van der Waals surface area contributed by atoms with Crippen molar-refractivity contribution < 1.29 is 13.2 Å². The molecule has 114 valence electrons. The largest absolute Gasteiger partial charge is 0.433 e. The molecule has 20 heavy (non-hydrogen) atoms. The zero-order valence-electron chi connectivity index (χ0n) is 12.2. The molecule has 0 bridgehead atoms. The number of rotatable bonds is 5. The van der Waals surface area contributed by atoms with Crippen LogP contribution in [0, 0.1) is 11.8 Å². The van der Waals surface area contributed by atoms with Crippen molar-refractivity contribution in [3.8, 4) is 0 Å². The third-order valence-electron chi connectivity index (χ3n) is 2.52. The lowest BCUT2D eigenvalue weighted by Gasteiger charge is -2.27. The van der Waals surface area contributed by atoms with Crippen LogP contribution in [0.2, 0.25) is 0 Å². The Morgan fingerprint density at radius 1 is 1.10 bits per heavy atom. The van der Waals surface area contributed by atoms with Gasteiger partial charge in [-0.1, -0.05) is 27.7 Å². The fraction of sp³-hybridized carbons (Fsp3) is 0.692. The Morgan fingerprint density at radius 2 is 1.60 bits per heavy atom. The predicted octanol–water partition coefficient (Wildman–Crippen LogP) is 3.20. The van der Waals surface area contributed by atoms with E-state index in [0.717, 1.165) is 6.07 Å². The summed E-state index contributed by atoms with van der Waals surface area (Å²) in [5, 5.41) is 0. The summed E-state index contributed by atoms with van der Waals surface area (Å²) in [7, 11) is 0. The molecule has 0 aliphatic carbocycles. The highest BCUT2D eigenvalue weighted by Crippen LogP contribution is 2.30. The van der Waals surface area contributed by atoms with E-state index in [1.807, 2.05) is 32.6 Å². The Morgan fingerprint density at radius 3 is 2.00 bits per heavy atom. The Labute approximate surface area is 117 Å². The predicted molar refractivity (Wildman–Crippen MR) is 73.3 cm³/mol. The van der Waals surface area contributed by atoms with Crippen LogP contribution in [0.5, 0.6) is 0 Å². The van der Waals surface area contributed by atoms with E-state index in [-0.39, 0.29) is 11.8 Å². The second kappa shape index (κ2) is 6.28. The molecule has 0 radical (unpaired) electrons. The van der Waals surface area contributed by atoms with E-state index in [9.17, 15) is 13.2 Å². The minimum absolute atomic E-state index is 0.229. The molecule has 0 amide bonds. The molecule has 0 atom stereocenters. The molecule has 0 spiro atoms. The maximum atomic E-state index is 12.8. The summed E-state index contributed by atoms with van der Waals surface area (Å²) in [5.41, 5.74) is 4.40. The van der Waals surface area contributed by atoms with Crippen LogP contribution < -0.4 is 10.6 Å². The van der Waals surface area contributed by atoms with E-state index in [1.165, 1.54) is 0 Å². The molecular weight excluding hydrogens is 269 g/mol. The van der Waals surface area contributed by atoms with Gasteiger partial charge in [-0.15, -0.1) is 0 Å². The van der Waals surface area contributed by atoms with Gasteiger partial charge in [0.25, 0.3) is 0 Å². The molecule has 1 heterocycles.